The highest BCUT2D eigenvalue weighted by atomic mass is 127. The summed E-state index contributed by atoms with van der Waals surface area (Å²) >= 11 is 2.28. The molecule has 0 atom stereocenters. The van der Waals surface area contributed by atoms with Crippen LogP contribution in [-0.4, -0.2) is 27.5 Å². The highest BCUT2D eigenvalue weighted by molar-refractivity contribution is 14.1. The van der Waals surface area contributed by atoms with Crippen LogP contribution in [0.2, 0.25) is 0 Å². The zero-order valence-corrected chi connectivity index (χ0v) is 12.1. The third kappa shape index (κ3) is 2.20. The minimum absolute atomic E-state index is 1.05. The molecule has 0 amide bonds. The van der Waals surface area contributed by atoms with Gasteiger partial charge in [-0.05, 0) is 66.2 Å². The summed E-state index contributed by atoms with van der Waals surface area (Å²) in [5, 5.41) is 0. The Hall–Kier alpha value is -0.620. The van der Waals surface area contributed by atoms with E-state index in [2.05, 4.69) is 62.3 Å². The molecule has 0 N–H and O–H groups in total. The molecular weight excluding hydrogens is 325 g/mol. The molecule has 4 heteroatoms. The van der Waals surface area contributed by atoms with Gasteiger partial charge in [0, 0.05) is 13.6 Å². The zero-order valence-electron chi connectivity index (χ0n) is 9.99. The number of aromatic nitrogens is 2. The van der Waals surface area contributed by atoms with Crippen LogP contribution < -0.4 is 0 Å². The van der Waals surface area contributed by atoms with Crippen LogP contribution in [0.15, 0.2) is 18.2 Å². The Balaban J connectivity index is 1.90. The van der Waals surface area contributed by atoms with Gasteiger partial charge in [-0.1, -0.05) is 6.07 Å². The average molecular weight is 341 g/mol. The highest BCUT2D eigenvalue weighted by Gasteiger charge is 2.12. The molecule has 17 heavy (non-hydrogen) atoms. The largest absolute Gasteiger partial charge is 0.322 e. The SMILES string of the molecule is Cn1c(I)nc2cc(CN3CCCC3)ccc21. The van der Waals surface area contributed by atoms with Gasteiger partial charge < -0.3 is 4.57 Å². The van der Waals surface area contributed by atoms with Gasteiger partial charge in [-0.2, -0.15) is 0 Å². The third-order valence-corrected chi connectivity index (χ3v) is 4.46. The predicted octanol–water partition coefficient (Wildman–Crippen LogP) is 2.77. The molecule has 0 unspecified atom stereocenters. The fourth-order valence-electron chi connectivity index (χ4n) is 2.51. The predicted molar refractivity (Wildman–Crippen MR) is 77.9 cm³/mol. The Morgan fingerprint density at radius 2 is 2.06 bits per heavy atom. The van der Waals surface area contributed by atoms with Crippen LogP contribution in [0.1, 0.15) is 18.4 Å². The van der Waals surface area contributed by atoms with E-state index in [-0.39, 0.29) is 0 Å². The Labute approximate surface area is 115 Å². The van der Waals surface area contributed by atoms with E-state index in [0.717, 1.165) is 15.9 Å². The Morgan fingerprint density at radius 1 is 1.29 bits per heavy atom. The second kappa shape index (κ2) is 4.57. The summed E-state index contributed by atoms with van der Waals surface area (Å²) in [4.78, 5) is 7.10. The van der Waals surface area contributed by atoms with E-state index in [9.17, 15) is 0 Å². The van der Waals surface area contributed by atoms with Crippen LogP contribution in [0.25, 0.3) is 11.0 Å². The van der Waals surface area contributed by atoms with E-state index in [1.165, 1.54) is 37.0 Å². The first-order valence-corrected chi connectivity index (χ1v) is 7.15. The van der Waals surface area contributed by atoms with E-state index in [0.29, 0.717) is 0 Å². The first-order valence-electron chi connectivity index (χ1n) is 6.07. The maximum Gasteiger partial charge on any atom is 0.172 e. The summed E-state index contributed by atoms with van der Waals surface area (Å²) in [6, 6.07) is 6.66. The van der Waals surface area contributed by atoms with Crippen molar-refractivity contribution in [1.29, 1.82) is 0 Å². The molecule has 3 rings (SSSR count). The van der Waals surface area contributed by atoms with Crippen molar-refractivity contribution < 1.29 is 0 Å². The van der Waals surface area contributed by atoms with Gasteiger partial charge in [0.2, 0.25) is 0 Å². The second-order valence-electron chi connectivity index (χ2n) is 4.75. The molecule has 0 spiro atoms. The van der Waals surface area contributed by atoms with E-state index in [1.807, 2.05) is 0 Å². The van der Waals surface area contributed by atoms with Gasteiger partial charge in [0.15, 0.2) is 3.83 Å². The highest BCUT2D eigenvalue weighted by Crippen LogP contribution is 2.20. The van der Waals surface area contributed by atoms with Crippen molar-refractivity contribution in [1.82, 2.24) is 14.5 Å². The summed E-state index contributed by atoms with van der Waals surface area (Å²) in [5.74, 6) is 0. The fraction of sp³-hybridized carbons (Fsp3) is 0.462. The number of nitrogens with zero attached hydrogens (tertiary/aromatic N) is 3. The molecule has 2 aromatic rings. The molecular formula is C13H16IN3. The van der Waals surface area contributed by atoms with Crippen molar-refractivity contribution in [3.05, 3.63) is 27.6 Å². The Kier molecular flexibility index (Phi) is 3.08. The lowest BCUT2D eigenvalue weighted by Crippen LogP contribution is -2.18. The van der Waals surface area contributed by atoms with E-state index in [4.69, 9.17) is 0 Å². The lowest BCUT2D eigenvalue weighted by molar-refractivity contribution is 0.331. The van der Waals surface area contributed by atoms with E-state index >= 15 is 0 Å². The topological polar surface area (TPSA) is 21.1 Å². The molecule has 0 aliphatic carbocycles. The van der Waals surface area contributed by atoms with Gasteiger partial charge >= 0.3 is 0 Å². The molecule has 3 nitrogen and oxygen atoms in total. The second-order valence-corrected chi connectivity index (χ2v) is 5.71. The maximum atomic E-state index is 4.58. The van der Waals surface area contributed by atoms with Crippen molar-refractivity contribution >= 4 is 33.6 Å². The van der Waals surface area contributed by atoms with Crippen molar-refractivity contribution in [2.45, 2.75) is 19.4 Å². The summed E-state index contributed by atoms with van der Waals surface area (Å²) < 4.78 is 3.19. The smallest absolute Gasteiger partial charge is 0.172 e. The molecule has 1 aromatic carbocycles. The molecule has 0 bridgehead atoms. The number of hydrogen-bond donors (Lipinski definition) is 0. The van der Waals surface area contributed by atoms with Crippen LogP contribution in [0.5, 0.6) is 0 Å². The van der Waals surface area contributed by atoms with Gasteiger partial charge in [0.25, 0.3) is 0 Å². The summed E-state index contributed by atoms with van der Waals surface area (Å²) in [5.41, 5.74) is 3.72. The van der Waals surface area contributed by atoms with E-state index < -0.39 is 0 Å². The molecule has 1 aliphatic heterocycles. The van der Waals surface area contributed by atoms with Gasteiger partial charge in [0.1, 0.15) is 0 Å². The Bertz CT molecular complexity index is 541. The van der Waals surface area contributed by atoms with Gasteiger partial charge in [-0.3, -0.25) is 4.90 Å². The number of hydrogen-bond acceptors (Lipinski definition) is 2. The van der Waals surface area contributed by atoms with Crippen LogP contribution in [0.3, 0.4) is 0 Å². The monoisotopic (exact) mass is 341 g/mol. The first kappa shape index (κ1) is 11.5. The maximum absolute atomic E-state index is 4.58. The first-order chi connectivity index (χ1) is 8.24. The number of likely N-dealkylation sites (tertiary alicyclic amines) is 1. The van der Waals surface area contributed by atoms with Crippen molar-refractivity contribution in [2.24, 2.45) is 7.05 Å². The number of aryl methyl sites for hydroxylation is 1. The summed E-state index contributed by atoms with van der Waals surface area (Å²) in [6.45, 7) is 3.57. The quantitative estimate of drug-likeness (QED) is 0.784. The van der Waals surface area contributed by atoms with Gasteiger partial charge in [-0.15, -0.1) is 0 Å². The fourth-order valence-corrected chi connectivity index (χ4v) is 3.03. The molecule has 1 aliphatic rings. The van der Waals surface area contributed by atoms with Gasteiger partial charge in [0.05, 0.1) is 11.0 Å². The molecule has 90 valence electrons. The van der Waals surface area contributed by atoms with Crippen LogP contribution in [0.4, 0.5) is 0 Å². The molecule has 0 saturated carbocycles. The summed E-state index contributed by atoms with van der Waals surface area (Å²) in [6.07, 6.45) is 2.70. The standard InChI is InChI=1S/C13H16IN3/c1-16-12-5-4-10(8-11(12)15-13(16)14)9-17-6-2-3-7-17/h4-5,8H,2-3,6-7,9H2,1H3. The van der Waals surface area contributed by atoms with Crippen LogP contribution in [-0.2, 0) is 13.6 Å². The lowest BCUT2D eigenvalue weighted by atomic mass is 10.2. The lowest BCUT2D eigenvalue weighted by Gasteiger charge is -2.14. The normalized spacial score (nSPS) is 17.1. The molecule has 1 aromatic heterocycles. The number of rotatable bonds is 2. The number of fused-ring (bicyclic) bond motifs is 1. The molecule has 1 fully saturated rings. The third-order valence-electron chi connectivity index (χ3n) is 3.50. The van der Waals surface area contributed by atoms with Crippen LogP contribution >= 0.6 is 22.6 Å². The van der Waals surface area contributed by atoms with Crippen molar-refractivity contribution in [3.8, 4) is 0 Å². The molecule has 1 saturated heterocycles. The molecule has 2 heterocycles. The van der Waals surface area contributed by atoms with Crippen molar-refractivity contribution in [2.75, 3.05) is 13.1 Å². The minimum Gasteiger partial charge on any atom is -0.322 e. The number of halogens is 1. The van der Waals surface area contributed by atoms with Crippen molar-refractivity contribution in [3.63, 3.8) is 0 Å². The summed E-state index contributed by atoms with van der Waals surface area (Å²) in [7, 11) is 2.07. The van der Waals surface area contributed by atoms with Gasteiger partial charge in [-0.25, -0.2) is 4.98 Å². The van der Waals surface area contributed by atoms with E-state index in [1.54, 1.807) is 0 Å². The molecule has 0 radical (unpaired) electrons. The zero-order chi connectivity index (χ0) is 11.8. The Morgan fingerprint density at radius 3 is 2.82 bits per heavy atom. The average Bonchev–Trinajstić information content (AvgIpc) is 2.89. The van der Waals surface area contributed by atoms with Crippen LogP contribution in [0, 0.1) is 3.83 Å². The number of benzene rings is 1. The number of imidazole rings is 1. The minimum atomic E-state index is 1.05.